The Kier molecular flexibility index (Phi) is 10.7. The number of ketones is 2. The lowest BCUT2D eigenvalue weighted by molar-refractivity contribution is -0.184. The van der Waals surface area contributed by atoms with E-state index in [1.165, 1.54) is 6.92 Å². The monoisotopic (exact) mass is 662 g/mol. The van der Waals surface area contributed by atoms with E-state index in [0.29, 0.717) is 19.3 Å². The molecule has 47 heavy (non-hydrogen) atoms. The van der Waals surface area contributed by atoms with Crippen LogP contribution in [0.15, 0.2) is 11.6 Å². The number of aliphatic hydroxyl groups excluding tert-OH is 2. The molecule has 262 valence electrons. The maximum absolute atomic E-state index is 13.5. The molecular weight excluding hydrogens is 612 g/mol. The Labute approximate surface area is 274 Å². The minimum absolute atomic E-state index is 0.0299. The van der Waals surface area contributed by atoms with Crippen molar-refractivity contribution >= 4 is 35.3 Å². The van der Waals surface area contributed by atoms with Crippen molar-refractivity contribution < 1.29 is 53.9 Å². The number of carboxylic acids is 1. The number of nitrogens with one attached hydrogen (secondary N) is 2. The molecule has 0 aromatic carbocycles. The van der Waals surface area contributed by atoms with Gasteiger partial charge in [-0.2, -0.15) is 0 Å². The fourth-order valence-electron chi connectivity index (χ4n) is 9.12. The molecule has 6 N–H and O–H groups in total. The number of Topliss-reactive ketones (excluding diaryl/α,β-unsaturated/α-hetero) is 1. The predicted molar refractivity (Wildman–Crippen MR) is 166 cm³/mol. The van der Waals surface area contributed by atoms with Gasteiger partial charge in [-0.05, 0) is 80.6 Å². The van der Waals surface area contributed by atoms with Gasteiger partial charge in [0.25, 0.3) is 0 Å². The van der Waals surface area contributed by atoms with Crippen LogP contribution in [0, 0.1) is 34.5 Å². The molecule has 0 aliphatic heterocycles. The first kappa shape index (κ1) is 36.7. The van der Waals surface area contributed by atoms with Crippen molar-refractivity contribution in [2.45, 2.75) is 122 Å². The lowest BCUT2D eigenvalue weighted by Gasteiger charge is -2.60. The maximum atomic E-state index is 13.5. The fraction of sp³-hybridized carbons (Fsp3) is 0.765. The molecule has 13 nitrogen and oxygen atoms in total. The second kappa shape index (κ2) is 13.8. The second-order valence-corrected chi connectivity index (χ2v) is 14.9. The molecule has 0 spiro atoms. The lowest BCUT2D eigenvalue weighted by Crippen LogP contribution is -2.62. The first-order chi connectivity index (χ1) is 21.9. The molecule has 0 radical (unpaired) electrons. The highest BCUT2D eigenvalue weighted by Gasteiger charge is 2.68. The van der Waals surface area contributed by atoms with Crippen molar-refractivity contribution in [2.75, 3.05) is 6.61 Å². The third-order valence-corrected chi connectivity index (χ3v) is 11.7. The zero-order valence-corrected chi connectivity index (χ0v) is 27.9. The van der Waals surface area contributed by atoms with Gasteiger partial charge in [0.2, 0.25) is 17.6 Å². The van der Waals surface area contributed by atoms with E-state index in [9.17, 15) is 49.2 Å². The normalized spacial score (nSPS) is 34.9. The van der Waals surface area contributed by atoms with Crippen molar-refractivity contribution in [1.82, 2.24) is 10.6 Å². The minimum atomic E-state index is -1.81. The van der Waals surface area contributed by atoms with Crippen LogP contribution in [0.3, 0.4) is 0 Å². The SMILES string of the molecule is CC(C)[C@H](NC(=O)CCC(=O)OCC(=O)[C@@]1(O)CC[C@@H]2[C@@H]3CCC4=CC(=O)CC[C@]4(C)[C@@H]3[C@H](O)C[C@@]21C)C(=O)N[C@@H](C(=O)O)[C@@H](C)O. The Balaban J connectivity index is 1.32. The zero-order valence-electron chi connectivity index (χ0n) is 27.9. The predicted octanol–water partition coefficient (Wildman–Crippen LogP) is 1.20. The molecule has 0 aromatic rings. The second-order valence-electron chi connectivity index (χ2n) is 14.9. The summed E-state index contributed by atoms with van der Waals surface area (Å²) in [6.07, 6.45) is 2.42. The Morgan fingerprint density at radius 1 is 1.00 bits per heavy atom. The molecule has 0 heterocycles. The number of hydrogen-bond donors (Lipinski definition) is 6. The number of aliphatic carboxylic acids is 1. The number of carboxylic acid groups (broad SMARTS) is 1. The van der Waals surface area contributed by atoms with Gasteiger partial charge in [-0.3, -0.25) is 24.0 Å². The highest BCUT2D eigenvalue weighted by atomic mass is 16.5. The summed E-state index contributed by atoms with van der Waals surface area (Å²) in [5.74, 6) is -4.79. The molecule has 0 saturated heterocycles. The number of rotatable bonds is 12. The van der Waals surface area contributed by atoms with Gasteiger partial charge in [-0.1, -0.05) is 33.3 Å². The van der Waals surface area contributed by atoms with Gasteiger partial charge >= 0.3 is 11.9 Å². The van der Waals surface area contributed by atoms with Crippen molar-refractivity contribution in [2.24, 2.45) is 34.5 Å². The number of esters is 1. The van der Waals surface area contributed by atoms with E-state index in [1.54, 1.807) is 19.9 Å². The third kappa shape index (κ3) is 6.89. The molecule has 0 bridgehead atoms. The number of amides is 2. The summed E-state index contributed by atoms with van der Waals surface area (Å²) in [5, 5.41) is 46.9. The molecule has 2 amide bonds. The van der Waals surface area contributed by atoms with Gasteiger partial charge < -0.3 is 35.8 Å². The summed E-state index contributed by atoms with van der Waals surface area (Å²) in [6.45, 7) is 7.75. The molecule has 3 saturated carbocycles. The molecule has 4 aliphatic rings. The third-order valence-electron chi connectivity index (χ3n) is 11.7. The molecule has 4 aliphatic carbocycles. The Bertz CT molecular complexity index is 1330. The van der Waals surface area contributed by atoms with E-state index in [-0.39, 0.29) is 48.2 Å². The molecular formula is C34H50N2O11. The molecule has 3 fully saturated rings. The number of hydrogen-bond acceptors (Lipinski definition) is 10. The van der Waals surface area contributed by atoms with E-state index in [0.717, 1.165) is 18.4 Å². The van der Waals surface area contributed by atoms with Crippen LogP contribution in [0.2, 0.25) is 0 Å². The number of fused-ring (bicyclic) bond motifs is 5. The van der Waals surface area contributed by atoms with E-state index in [1.807, 2.05) is 6.92 Å². The first-order valence-corrected chi connectivity index (χ1v) is 16.7. The highest BCUT2D eigenvalue weighted by Crippen LogP contribution is 2.67. The van der Waals surface area contributed by atoms with Crippen molar-refractivity contribution in [3.8, 4) is 0 Å². The zero-order chi connectivity index (χ0) is 35.1. The average Bonchev–Trinajstić information content (AvgIpc) is 3.26. The first-order valence-electron chi connectivity index (χ1n) is 16.7. The summed E-state index contributed by atoms with van der Waals surface area (Å²) < 4.78 is 5.19. The van der Waals surface area contributed by atoms with Crippen LogP contribution in [-0.2, 0) is 33.5 Å². The van der Waals surface area contributed by atoms with Crippen LogP contribution in [0.25, 0.3) is 0 Å². The van der Waals surface area contributed by atoms with Crippen LogP contribution in [0.5, 0.6) is 0 Å². The summed E-state index contributed by atoms with van der Waals surface area (Å²) in [4.78, 5) is 74.7. The fourth-order valence-corrected chi connectivity index (χ4v) is 9.12. The Morgan fingerprint density at radius 3 is 2.30 bits per heavy atom. The summed E-state index contributed by atoms with van der Waals surface area (Å²) >= 11 is 0. The number of allylic oxidation sites excluding steroid dienone is 1. The maximum Gasteiger partial charge on any atom is 0.328 e. The van der Waals surface area contributed by atoms with Crippen molar-refractivity contribution in [3.63, 3.8) is 0 Å². The van der Waals surface area contributed by atoms with Crippen LogP contribution in [0.4, 0.5) is 0 Å². The number of ether oxygens (including phenoxy) is 1. The average molecular weight is 663 g/mol. The van der Waals surface area contributed by atoms with Gasteiger partial charge in [-0.15, -0.1) is 0 Å². The minimum Gasteiger partial charge on any atom is -0.480 e. The van der Waals surface area contributed by atoms with E-state index in [4.69, 9.17) is 4.74 Å². The topological polar surface area (TPSA) is 217 Å². The van der Waals surface area contributed by atoms with Gasteiger partial charge in [0.05, 0.1) is 18.6 Å². The largest absolute Gasteiger partial charge is 0.480 e. The molecule has 13 heteroatoms. The number of aliphatic hydroxyl groups is 3. The van der Waals surface area contributed by atoms with Gasteiger partial charge in [-0.25, -0.2) is 4.79 Å². The van der Waals surface area contributed by atoms with Crippen molar-refractivity contribution in [1.29, 1.82) is 0 Å². The van der Waals surface area contributed by atoms with Gasteiger partial charge in [0.15, 0.2) is 18.4 Å². The van der Waals surface area contributed by atoms with Crippen molar-refractivity contribution in [3.05, 3.63) is 11.6 Å². The summed E-state index contributed by atoms with van der Waals surface area (Å²) in [5.41, 5.74) is -1.95. The highest BCUT2D eigenvalue weighted by molar-refractivity contribution is 5.93. The van der Waals surface area contributed by atoms with E-state index in [2.05, 4.69) is 17.6 Å². The van der Waals surface area contributed by atoms with Crippen LogP contribution >= 0.6 is 0 Å². The molecule has 10 atom stereocenters. The van der Waals surface area contributed by atoms with E-state index < -0.39 is 83.8 Å². The Morgan fingerprint density at radius 2 is 1.68 bits per heavy atom. The number of carbonyl (C=O) groups excluding carboxylic acids is 5. The quantitative estimate of drug-likeness (QED) is 0.163. The standard InChI is InChI=1S/C34H50N2O11/c1-17(2)28(30(43)36-29(18(3)37)31(44)45)35-25(41)8-9-26(42)47-16-24(40)34(46)13-11-22-21-7-6-19-14-20(38)10-12-32(19,4)27(21)23(39)15-33(22,34)5/h14,17-18,21-23,27-29,37,39,46H,6-13,15-16H2,1-5H3,(H,35,41)(H,36,43)(H,44,45)/t18-,21+,22-,23-,27+,28+,29-,32+,33+,34+/m1/s1. The van der Waals surface area contributed by atoms with Gasteiger partial charge in [0, 0.05) is 18.3 Å². The molecule has 0 unspecified atom stereocenters. The van der Waals surface area contributed by atoms with Crippen LogP contribution in [-0.4, -0.2) is 92.2 Å². The number of carbonyl (C=O) groups is 6. The smallest absolute Gasteiger partial charge is 0.328 e. The van der Waals surface area contributed by atoms with Crippen LogP contribution < -0.4 is 10.6 Å². The molecule has 0 aromatic heterocycles. The summed E-state index contributed by atoms with van der Waals surface area (Å²) in [6, 6.07) is -2.70. The Hall–Kier alpha value is -3.16. The molecule has 4 rings (SSSR count). The van der Waals surface area contributed by atoms with Crippen LogP contribution in [0.1, 0.15) is 92.4 Å². The van der Waals surface area contributed by atoms with Gasteiger partial charge in [0.1, 0.15) is 11.6 Å². The summed E-state index contributed by atoms with van der Waals surface area (Å²) in [7, 11) is 0. The lowest BCUT2D eigenvalue weighted by atomic mass is 9.45. The van der Waals surface area contributed by atoms with E-state index >= 15 is 0 Å².